The van der Waals surface area contributed by atoms with E-state index in [2.05, 4.69) is 0 Å². The lowest BCUT2D eigenvalue weighted by atomic mass is 10.0. The average molecular weight is 312 g/mol. The molecule has 118 valence electrons. The fraction of sp³-hybridized carbons (Fsp3) is 0.222. The van der Waals surface area contributed by atoms with Gasteiger partial charge in [0, 0.05) is 12.7 Å². The monoisotopic (exact) mass is 312 g/mol. The van der Waals surface area contributed by atoms with Gasteiger partial charge in [-0.2, -0.15) is 0 Å². The van der Waals surface area contributed by atoms with Gasteiger partial charge in [0.05, 0.1) is 23.8 Å². The molecular weight excluding hydrogens is 296 g/mol. The van der Waals surface area contributed by atoms with Crippen LogP contribution < -0.4 is 5.43 Å². The van der Waals surface area contributed by atoms with Crippen LogP contribution in [0.15, 0.2) is 39.5 Å². The zero-order chi connectivity index (χ0) is 16.6. The Hall–Kier alpha value is -2.66. The van der Waals surface area contributed by atoms with Gasteiger partial charge in [0.25, 0.3) is 0 Å². The van der Waals surface area contributed by atoms with Crippen LogP contribution in [-0.4, -0.2) is 18.2 Å². The number of para-hydroxylation sites is 1. The SMILES string of the molecule is COCc1ccc2c(=O)c3cccc(CC(=O)O)c3oc2c1C. The Kier molecular flexibility index (Phi) is 3.88. The molecule has 0 aliphatic rings. The summed E-state index contributed by atoms with van der Waals surface area (Å²) in [5.74, 6) is -0.967. The number of carboxylic acids is 1. The summed E-state index contributed by atoms with van der Waals surface area (Å²) in [4.78, 5) is 23.7. The number of hydrogen-bond acceptors (Lipinski definition) is 4. The molecule has 0 amide bonds. The number of benzene rings is 2. The fourth-order valence-electron chi connectivity index (χ4n) is 2.79. The van der Waals surface area contributed by atoms with Crippen LogP contribution in [0.1, 0.15) is 16.7 Å². The van der Waals surface area contributed by atoms with Crippen molar-refractivity contribution >= 4 is 27.9 Å². The van der Waals surface area contributed by atoms with Crippen LogP contribution in [0.4, 0.5) is 0 Å². The summed E-state index contributed by atoms with van der Waals surface area (Å²) in [6.07, 6.45) is -0.192. The molecule has 5 heteroatoms. The van der Waals surface area contributed by atoms with Crippen LogP contribution in [-0.2, 0) is 22.6 Å². The largest absolute Gasteiger partial charge is 0.481 e. The molecule has 0 saturated heterocycles. The van der Waals surface area contributed by atoms with E-state index < -0.39 is 5.97 Å². The van der Waals surface area contributed by atoms with E-state index in [9.17, 15) is 9.59 Å². The zero-order valence-corrected chi connectivity index (χ0v) is 12.9. The normalized spacial score (nSPS) is 11.2. The van der Waals surface area contributed by atoms with E-state index in [4.69, 9.17) is 14.3 Å². The summed E-state index contributed by atoms with van der Waals surface area (Å²) in [7, 11) is 1.60. The molecule has 5 nitrogen and oxygen atoms in total. The Balaban J connectivity index is 2.39. The van der Waals surface area contributed by atoms with Gasteiger partial charge in [-0.05, 0) is 30.2 Å². The van der Waals surface area contributed by atoms with E-state index in [0.717, 1.165) is 11.1 Å². The molecule has 1 N–H and O–H groups in total. The van der Waals surface area contributed by atoms with E-state index in [0.29, 0.717) is 34.1 Å². The molecule has 2 aromatic carbocycles. The van der Waals surface area contributed by atoms with Crippen LogP contribution in [0.5, 0.6) is 0 Å². The van der Waals surface area contributed by atoms with Gasteiger partial charge >= 0.3 is 5.97 Å². The molecule has 0 aliphatic heterocycles. The van der Waals surface area contributed by atoms with E-state index in [1.54, 1.807) is 31.4 Å². The molecule has 23 heavy (non-hydrogen) atoms. The smallest absolute Gasteiger partial charge is 0.307 e. The zero-order valence-electron chi connectivity index (χ0n) is 12.9. The third kappa shape index (κ3) is 2.59. The predicted molar refractivity (Wildman–Crippen MR) is 86.8 cm³/mol. The maximum atomic E-state index is 12.7. The Morgan fingerprint density at radius 2 is 1.87 bits per heavy atom. The van der Waals surface area contributed by atoms with E-state index in [1.165, 1.54) is 0 Å². The molecule has 0 bridgehead atoms. The molecule has 1 aromatic heterocycles. The molecule has 1 heterocycles. The standard InChI is InChI=1S/C18H16O5/c1-10-12(9-22-2)6-7-14-16(21)13-5-3-4-11(8-15(19)20)18(13)23-17(10)14/h3-7H,8-9H2,1-2H3,(H,19,20). The molecule has 0 radical (unpaired) electrons. The first-order valence-electron chi connectivity index (χ1n) is 7.20. The number of rotatable bonds is 4. The molecule has 3 rings (SSSR count). The predicted octanol–water partition coefficient (Wildman–Crippen LogP) is 3.03. The van der Waals surface area contributed by atoms with Crippen molar-refractivity contribution < 1.29 is 19.1 Å². The van der Waals surface area contributed by atoms with Crippen LogP contribution in [0, 0.1) is 6.92 Å². The minimum atomic E-state index is -0.967. The van der Waals surface area contributed by atoms with Crippen molar-refractivity contribution in [2.24, 2.45) is 0 Å². The van der Waals surface area contributed by atoms with Crippen molar-refractivity contribution in [2.45, 2.75) is 20.0 Å². The second kappa shape index (κ2) is 5.85. The highest BCUT2D eigenvalue weighted by atomic mass is 16.5. The van der Waals surface area contributed by atoms with Gasteiger partial charge < -0.3 is 14.3 Å². The summed E-state index contributed by atoms with van der Waals surface area (Å²) < 4.78 is 11.1. The number of carboxylic acid groups (broad SMARTS) is 1. The summed E-state index contributed by atoms with van der Waals surface area (Å²) >= 11 is 0. The van der Waals surface area contributed by atoms with E-state index in [1.807, 2.05) is 13.0 Å². The van der Waals surface area contributed by atoms with Crippen molar-refractivity contribution in [3.63, 3.8) is 0 Å². The Morgan fingerprint density at radius 1 is 1.13 bits per heavy atom. The van der Waals surface area contributed by atoms with Gasteiger partial charge in [-0.1, -0.05) is 18.2 Å². The van der Waals surface area contributed by atoms with E-state index in [-0.39, 0.29) is 11.8 Å². The molecule has 3 aromatic rings. The third-order valence-electron chi connectivity index (χ3n) is 3.95. The molecule has 0 saturated carbocycles. The average Bonchev–Trinajstić information content (AvgIpc) is 2.51. The van der Waals surface area contributed by atoms with Crippen LogP contribution in [0.2, 0.25) is 0 Å². The quantitative estimate of drug-likeness (QED) is 0.749. The van der Waals surface area contributed by atoms with E-state index >= 15 is 0 Å². The maximum absolute atomic E-state index is 12.7. The number of methoxy groups -OCH3 is 1. The Bertz CT molecular complexity index is 968. The summed E-state index contributed by atoms with van der Waals surface area (Å²) in [5.41, 5.74) is 2.91. The topological polar surface area (TPSA) is 76.7 Å². The molecule has 0 unspecified atom stereocenters. The van der Waals surface area contributed by atoms with Crippen molar-refractivity contribution in [2.75, 3.05) is 7.11 Å². The lowest BCUT2D eigenvalue weighted by Gasteiger charge is -2.10. The van der Waals surface area contributed by atoms with Gasteiger partial charge in [0.15, 0.2) is 0 Å². The molecule has 0 spiro atoms. The third-order valence-corrected chi connectivity index (χ3v) is 3.95. The number of aliphatic carboxylic acids is 1. The Morgan fingerprint density at radius 3 is 2.57 bits per heavy atom. The highest BCUT2D eigenvalue weighted by molar-refractivity contribution is 5.93. The minimum absolute atomic E-state index is 0.152. The number of ether oxygens (including phenoxy) is 1. The van der Waals surface area contributed by atoms with Crippen LogP contribution >= 0.6 is 0 Å². The van der Waals surface area contributed by atoms with Crippen LogP contribution in [0.3, 0.4) is 0 Å². The lowest BCUT2D eigenvalue weighted by Crippen LogP contribution is -2.07. The summed E-state index contributed by atoms with van der Waals surface area (Å²) in [6.45, 7) is 2.28. The Labute approximate surface area is 132 Å². The minimum Gasteiger partial charge on any atom is -0.481 e. The van der Waals surface area contributed by atoms with Crippen molar-refractivity contribution in [3.8, 4) is 0 Å². The van der Waals surface area contributed by atoms with Gasteiger partial charge in [-0.3, -0.25) is 9.59 Å². The van der Waals surface area contributed by atoms with Crippen molar-refractivity contribution in [1.82, 2.24) is 0 Å². The highest BCUT2D eigenvalue weighted by Gasteiger charge is 2.15. The number of fused-ring (bicyclic) bond motifs is 2. The van der Waals surface area contributed by atoms with Gasteiger partial charge in [-0.15, -0.1) is 0 Å². The first-order valence-corrected chi connectivity index (χ1v) is 7.20. The first-order chi connectivity index (χ1) is 11.0. The van der Waals surface area contributed by atoms with Crippen molar-refractivity contribution in [3.05, 3.63) is 57.2 Å². The first kappa shape index (κ1) is 15.2. The fourth-order valence-corrected chi connectivity index (χ4v) is 2.79. The highest BCUT2D eigenvalue weighted by Crippen LogP contribution is 2.26. The van der Waals surface area contributed by atoms with Crippen LogP contribution in [0.25, 0.3) is 21.9 Å². The molecule has 0 fully saturated rings. The number of carbonyl (C=O) groups is 1. The second-order valence-electron chi connectivity index (χ2n) is 5.45. The lowest BCUT2D eigenvalue weighted by molar-refractivity contribution is -0.136. The van der Waals surface area contributed by atoms with Gasteiger partial charge in [0.2, 0.25) is 5.43 Å². The van der Waals surface area contributed by atoms with Gasteiger partial charge in [-0.25, -0.2) is 0 Å². The second-order valence-corrected chi connectivity index (χ2v) is 5.45. The van der Waals surface area contributed by atoms with Gasteiger partial charge in [0.1, 0.15) is 11.2 Å². The summed E-state index contributed by atoms with van der Waals surface area (Å²) in [6, 6.07) is 8.58. The summed E-state index contributed by atoms with van der Waals surface area (Å²) in [5, 5.41) is 9.93. The van der Waals surface area contributed by atoms with Crippen molar-refractivity contribution in [1.29, 1.82) is 0 Å². The number of aryl methyl sites for hydroxylation is 1. The number of hydrogen-bond donors (Lipinski definition) is 1. The molecule has 0 aliphatic carbocycles. The maximum Gasteiger partial charge on any atom is 0.307 e. The molecule has 0 atom stereocenters. The molecular formula is C18H16O5.